The highest BCUT2D eigenvalue weighted by Gasteiger charge is 2.38. The zero-order valence-corrected chi connectivity index (χ0v) is 22.5. The SMILES string of the molecule is C=CC(=O)Nc1ccc(Nc2ccc(CCNc3nc(N4C(=O)OC[C@@H]4C(C)C)c4sccc4n3)cc2)nc1. The summed E-state index contributed by atoms with van der Waals surface area (Å²) < 4.78 is 6.23. The minimum Gasteiger partial charge on any atom is -0.447 e. The molecule has 1 fully saturated rings. The molecule has 1 aliphatic rings. The van der Waals surface area contributed by atoms with E-state index >= 15 is 0 Å². The van der Waals surface area contributed by atoms with Gasteiger partial charge in [0.15, 0.2) is 5.82 Å². The molecule has 200 valence electrons. The van der Waals surface area contributed by atoms with Crippen LogP contribution in [0.2, 0.25) is 0 Å². The van der Waals surface area contributed by atoms with Gasteiger partial charge in [0, 0.05) is 12.2 Å². The minimum absolute atomic E-state index is 0.0658. The maximum atomic E-state index is 12.6. The third kappa shape index (κ3) is 5.99. The second-order valence-corrected chi connectivity index (χ2v) is 10.3. The van der Waals surface area contributed by atoms with Crippen LogP contribution in [0.3, 0.4) is 0 Å². The van der Waals surface area contributed by atoms with Crippen molar-refractivity contribution in [1.82, 2.24) is 15.0 Å². The number of nitrogens with one attached hydrogen (secondary N) is 3. The van der Waals surface area contributed by atoms with E-state index in [9.17, 15) is 9.59 Å². The number of carbonyl (C=O) groups excluding carboxylic acids is 2. The maximum Gasteiger partial charge on any atom is 0.415 e. The molecule has 0 saturated carbocycles. The lowest BCUT2D eigenvalue weighted by molar-refractivity contribution is -0.111. The van der Waals surface area contributed by atoms with Gasteiger partial charge in [0.25, 0.3) is 0 Å². The lowest BCUT2D eigenvalue weighted by Gasteiger charge is -2.24. The van der Waals surface area contributed by atoms with Crippen molar-refractivity contribution >= 4 is 62.5 Å². The van der Waals surface area contributed by atoms with Crippen LogP contribution in [-0.2, 0) is 16.0 Å². The zero-order chi connectivity index (χ0) is 27.4. The molecule has 0 spiro atoms. The number of pyridine rings is 1. The molecule has 2 amide bonds. The first-order chi connectivity index (χ1) is 18.9. The quantitative estimate of drug-likeness (QED) is 0.221. The van der Waals surface area contributed by atoms with E-state index in [-0.39, 0.29) is 24.0 Å². The predicted octanol–water partition coefficient (Wildman–Crippen LogP) is 5.59. The largest absolute Gasteiger partial charge is 0.447 e. The summed E-state index contributed by atoms with van der Waals surface area (Å²) in [6, 6.07) is 13.5. The van der Waals surface area contributed by atoms with E-state index in [1.165, 1.54) is 17.4 Å². The summed E-state index contributed by atoms with van der Waals surface area (Å²) in [6.45, 7) is 8.57. The summed E-state index contributed by atoms with van der Waals surface area (Å²) in [6.07, 6.45) is 3.19. The third-order valence-electron chi connectivity index (χ3n) is 6.33. The van der Waals surface area contributed by atoms with Crippen LogP contribution in [0.15, 0.2) is 66.7 Å². The molecule has 0 aliphatic carbocycles. The summed E-state index contributed by atoms with van der Waals surface area (Å²) >= 11 is 1.52. The molecule has 3 aromatic heterocycles. The van der Waals surface area contributed by atoms with Gasteiger partial charge in [-0.3, -0.25) is 9.69 Å². The number of rotatable bonds is 10. The number of fused-ring (bicyclic) bond motifs is 1. The first kappa shape index (κ1) is 26.1. The van der Waals surface area contributed by atoms with E-state index in [1.807, 2.05) is 35.7 Å². The monoisotopic (exact) mass is 543 g/mol. The number of thiophene rings is 1. The van der Waals surface area contributed by atoms with Crippen molar-refractivity contribution in [1.29, 1.82) is 0 Å². The molecule has 4 aromatic rings. The van der Waals surface area contributed by atoms with Gasteiger partial charge in [0.2, 0.25) is 11.9 Å². The Hall–Kier alpha value is -4.51. The van der Waals surface area contributed by atoms with Gasteiger partial charge < -0.3 is 20.7 Å². The molecule has 11 heteroatoms. The highest BCUT2D eigenvalue weighted by atomic mass is 32.1. The molecule has 10 nitrogen and oxygen atoms in total. The Morgan fingerprint density at radius 1 is 1.18 bits per heavy atom. The van der Waals surface area contributed by atoms with Crippen LogP contribution in [0.25, 0.3) is 10.2 Å². The molecule has 3 N–H and O–H groups in total. The van der Waals surface area contributed by atoms with E-state index in [0.29, 0.717) is 36.4 Å². The number of nitrogens with zero attached hydrogens (tertiary/aromatic N) is 4. The Labute approximate surface area is 230 Å². The number of amides is 2. The van der Waals surface area contributed by atoms with E-state index in [0.717, 1.165) is 27.9 Å². The molecule has 1 aliphatic heterocycles. The molecule has 1 saturated heterocycles. The Bertz CT molecular complexity index is 1490. The molecule has 0 radical (unpaired) electrons. The highest BCUT2D eigenvalue weighted by molar-refractivity contribution is 7.17. The van der Waals surface area contributed by atoms with Crippen LogP contribution < -0.4 is 20.9 Å². The smallest absolute Gasteiger partial charge is 0.415 e. The number of hydrogen-bond acceptors (Lipinski definition) is 9. The number of carbonyl (C=O) groups is 2. The molecule has 0 bridgehead atoms. The Morgan fingerprint density at radius 2 is 1.97 bits per heavy atom. The zero-order valence-electron chi connectivity index (χ0n) is 21.7. The van der Waals surface area contributed by atoms with Gasteiger partial charge in [0.05, 0.1) is 28.1 Å². The first-order valence-corrected chi connectivity index (χ1v) is 13.5. The van der Waals surface area contributed by atoms with Crippen LogP contribution in [0, 0.1) is 5.92 Å². The van der Waals surface area contributed by atoms with Crippen molar-refractivity contribution in [3.63, 3.8) is 0 Å². The molecular formula is C28H29N7O3S. The first-order valence-electron chi connectivity index (χ1n) is 12.6. The van der Waals surface area contributed by atoms with Crippen molar-refractivity contribution in [2.24, 2.45) is 5.92 Å². The molecule has 1 aromatic carbocycles. The fourth-order valence-corrected chi connectivity index (χ4v) is 5.03. The standard InChI is InChI=1S/C28H29N7O3S/c1-4-24(36)32-20-9-10-23(30-15-20)31-19-7-5-18(6-8-19)11-13-29-27-33-21-12-14-39-25(21)26(34-27)35-22(17(2)3)16-38-28(35)37/h4-10,12,14-15,17,22H,1,11,13,16H2,2-3H3,(H,30,31)(H,32,36)(H,29,33,34)/t22-/m1/s1. The van der Waals surface area contributed by atoms with Crippen LogP contribution in [0.4, 0.5) is 33.8 Å². The van der Waals surface area contributed by atoms with E-state index in [4.69, 9.17) is 9.72 Å². The topological polar surface area (TPSA) is 121 Å². The van der Waals surface area contributed by atoms with Crippen molar-refractivity contribution in [2.75, 3.05) is 34.0 Å². The molecule has 0 unspecified atom stereocenters. The van der Waals surface area contributed by atoms with Crippen molar-refractivity contribution < 1.29 is 14.3 Å². The van der Waals surface area contributed by atoms with Gasteiger partial charge in [-0.05, 0) is 59.7 Å². The Balaban J connectivity index is 1.20. The number of ether oxygens (including phenoxy) is 1. The number of anilines is 5. The second-order valence-electron chi connectivity index (χ2n) is 9.39. The summed E-state index contributed by atoms with van der Waals surface area (Å²) in [5, 5.41) is 11.2. The Kier molecular flexibility index (Phi) is 7.69. The number of benzene rings is 1. The second kappa shape index (κ2) is 11.5. The van der Waals surface area contributed by atoms with Gasteiger partial charge in [-0.25, -0.2) is 14.8 Å². The molecule has 39 heavy (non-hydrogen) atoms. The van der Waals surface area contributed by atoms with Gasteiger partial charge in [-0.15, -0.1) is 11.3 Å². The van der Waals surface area contributed by atoms with Gasteiger partial charge in [-0.2, -0.15) is 4.98 Å². The average Bonchev–Trinajstić information content (AvgIpc) is 3.57. The third-order valence-corrected chi connectivity index (χ3v) is 7.23. The fourth-order valence-electron chi connectivity index (χ4n) is 4.22. The average molecular weight is 544 g/mol. The highest BCUT2D eigenvalue weighted by Crippen LogP contribution is 2.35. The summed E-state index contributed by atoms with van der Waals surface area (Å²) in [7, 11) is 0. The van der Waals surface area contributed by atoms with Gasteiger partial charge >= 0.3 is 6.09 Å². The molecule has 5 rings (SSSR count). The van der Waals surface area contributed by atoms with E-state index < -0.39 is 0 Å². The van der Waals surface area contributed by atoms with Crippen molar-refractivity contribution in [2.45, 2.75) is 26.3 Å². The van der Waals surface area contributed by atoms with Gasteiger partial charge in [-0.1, -0.05) is 32.6 Å². The Morgan fingerprint density at radius 3 is 2.69 bits per heavy atom. The predicted molar refractivity (Wildman–Crippen MR) is 155 cm³/mol. The van der Waals surface area contributed by atoms with Crippen LogP contribution in [0.5, 0.6) is 0 Å². The molecule has 1 atom stereocenters. The number of aromatic nitrogens is 3. The molecule has 4 heterocycles. The van der Waals surface area contributed by atoms with Crippen molar-refractivity contribution in [3.8, 4) is 0 Å². The fraction of sp³-hybridized carbons (Fsp3) is 0.250. The summed E-state index contributed by atoms with van der Waals surface area (Å²) in [4.78, 5) is 39.3. The van der Waals surface area contributed by atoms with Crippen LogP contribution in [0.1, 0.15) is 19.4 Å². The molecular weight excluding hydrogens is 514 g/mol. The lowest BCUT2D eigenvalue weighted by atomic mass is 10.0. The lowest BCUT2D eigenvalue weighted by Crippen LogP contribution is -2.38. The minimum atomic E-state index is -0.368. The number of hydrogen-bond donors (Lipinski definition) is 3. The van der Waals surface area contributed by atoms with Crippen LogP contribution >= 0.6 is 11.3 Å². The summed E-state index contributed by atoms with van der Waals surface area (Å²) in [5.41, 5.74) is 3.44. The number of cyclic esters (lactones) is 1. The van der Waals surface area contributed by atoms with Gasteiger partial charge in [0.1, 0.15) is 12.4 Å². The summed E-state index contributed by atoms with van der Waals surface area (Å²) in [5.74, 6) is 1.70. The van der Waals surface area contributed by atoms with Crippen molar-refractivity contribution in [3.05, 3.63) is 72.3 Å². The van der Waals surface area contributed by atoms with E-state index in [2.05, 4.69) is 46.3 Å². The normalized spacial score (nSPS) is 14.9. The van der Waals surface area contributed by atoms with E-state index in [1.54, 1.807) is 23.2 Å². The maximum absolute atomic E-state index is 12.6. The van der Waals surface area contributed by atoms with Crippen LogP contribution in [-0.4, -0.2) is 46.1 Å².